The smallest absolute Gasteiger partial charge is 0.203 e. The number of aromatic amines is 1. The Kier molecular flexibility index (Phi) is 4.28. The number of hydrogen-bond acceptors (Lipinski definition) is 6. The number of imidazole rings is 1. The third kappa shape index (κ3) is 2.90. The van der Waals surface area contributed by atoms with E-state index in [2.05, 4.69) is 9.97 Å². The van der Waals surface area contributed by atoms with Crippen LogP contribution in [0, 0.1) is 10.7 Å². The molecule has 1 aliphatic rings. The Labute approximate surface area is 155 Å². The van der Waals surface area contributed by atoms with Crippen molar-refractivity contribution in [1.82, 2.24) is 19.5 Å². The van der Waals surface area contributed by atoms with E-state index in [1.807, 2.05) is 16.7 Å². The van der Waals surface area contributed by atoms with E-state index in [0.717, 1.165) is 23.4 Å². The van der Waals surface area contributed by atoms with Gasteiger partial charge in [0.15, 0.2) is 27.6 Å². The van der Waals surface area contributed by atoms with Gasteiger partial charge in [0.2, 0.25) is 5.75 Å². The molecule has 4 rings (SSSR count). The molecule has 3 aromatic rings. The summed E-state index contributed by atoms with van der Waals surface area (Å²) >= 11 is 5.44. The van der Waals surface area contributed by atoms with Crippen LogP contribution in [0.1, 0.15) is 12.8 Å². The maximum Gasteiger partial charge on any atom is 0.203 e. The van der Waals surface area contributed by atoms with E-state index in [9.17, 15) is 0 Å². The minimum atomic E-state index is 0.547. The van der Waals surface area contributed by atoms with Crippen molar-refractivity contribution >= 4 is 23.5 Å². The summed E-state index contributed by atoms with van der Waals surface area (Å²) in [7, 11) is 4.77. The lowest BCUT2D eigenvalue weighted by atomic mass is 10.1. The van der Waals surface area contributed by atoms with Gasteiger partial charge in [0.05, 0.1) is 33.2 Å². The first kappa shape index (κ1) is 16.8. The minimum absolute atomic E-state index is 0.547. The lowest BCUT2D eigenvalue weighted by Crippen LogP contribution is -2.02. The number of hydrogen-bond donors (Lipinski definition) is 1. The average molecular weight is 372 g/mol. The summed E-state index contributed by atoms with van der Waals surface area (Å²) in [5, 5.41) is 0. The van der Waals surface area contributed by atoms with Crippen LogP contribution in [0.5, 0.6) is 17.2 Å². The van der Waals surface area contributed by atoms with Gasteiger partial charge in [0.25, 0.3) is 0 Å². The van der Waals surface area contributed by atoms with Crippen molar-refractivity contribution in [2.75, 3.05) is 21.3 Å². The molecule has 1 saturated carbocycles. The maximum absolute atomic E-state index is 5.44. The zero-order valence-corrected chi connectivity index (χ0v) is 15.7. The summed E-state index contributed by atoms with van der Waals surface area (Å²) in [5.41, 5.74) is 3.02. The molecule has 0 unspecified atom stereocenters. The Morgan fingerprint density at radius 2 is 1.85 bits per heavy atom. The summed E-state index contributed by atoms with van der Waals surface area (Å²) in [6, 6.07) is 3.73. The van der Waals surface area contributed by atoms with E-state index in [-0.39, 0.29) is 0 Å². The largest absolute Gasteiger partial charge is 0.493 e. The molecule has 0 spiro atoms. The van der Waals surface area contributed by atoms with Crippen LogP contribution in [-0.4, -0.2) is 40.8 Å². The van der Waals surface area contributed by atoms with E-state index in [0.29, 0.717) is 33.6 Å². The average Bonchev–Trinajstić information content (AvgIpc) is 3.43. The number of nitrogens with zero attached hydrogens (tertiary/aromatic N) is 3. The monoisotopic (exact) mass is 372 g/mol. The zero-order chi connectivity index (χ0) is 18.3. The topological polar surface area (TPSA) is 74.2 Å². The summed E-state index contributed by atoms with van der Waals surface area (Å²) in [6.45, 7) is 0.881. The Bertz CT molecular complexity index is 998. The van der Waals surface area contributed by atoms with Gasteiger partial charge in [-0.15, -0.1) is 0 Å². The predicted molar refractivity (Wildman–Crippen MR) is 101 cm³/mol. The fraction of sp³-hybridized carbons (Fsp3) is 0.389. The highest BCUT2D eigenvalue weighted by Crippen LogP contribution is 2.41. The summed E-state index contributed by atoms with van der Waals surface area (Å²) in [6.07, 6.45) is 4.21. The standard InChI is InChI=1S/C18H20N4O3S/c1-23-13-6-11(7-14(24-2)15(13)25-3)12-8-19-16-17(20-12)22(18(26)21-16)9-10-4-5-10/h6-8,10H,4-5,9H2,1-3H3,(H,19,21,26). The van der Waals surface area contributed by atoms with Crippen molar-refractivity contribution in [2.24, 2.45) is 5.92 Å². The molecule has 2 heterocycles. The highest BCUT2D eigenvalue weighted by molar-refractivity contribution is 7.71. The molecular formula is C18H20N4O3S. The number of benzene rings is 1. The van der Waals surface area contributed by atoms with Gasteiger partial charge >= 0.3 is 0 Å². The molecule has 0 aliphatic heterocycles. The molecule has 1 N–H and O–H groups in total. The van der Waals surface area contributed by atoms with Gasteiger partial charge in [-0.1, -0.05) is 0 Å². The van der Waals surface area contributed by atoms with Crippen LogP contribution in [0.2, 0.25) is 0 Å². The molecule has 0 bridgehead atoms. The highest BCUT2D eigenvalue weighted by Gasteiger charge is 2.24. The van der Waals surface area contributed by atoms with Crippen LogP contribution in [0.4, 0.5) is 0 Å². The number of H-pyrrole nitrogens is 1. The molecule has 0 atom stereocenters. The van der Waals surface area contributed by atoms with Gasteiger partial charge in [-0.25, -0.2) is 9.97 Å². The van der Waals surface area contributed by atoms with Gasteiger partial charge < -0.3 is 19.2 Å². The van der Waals surface area contributed by atoms with E-state index >= 15 is 0 Å². The lowest BCUT2D eigenvalue weighted by molar-refractivity contribution is 0.324. The summed E-state index contributed by atoms with van der Waals surface area (Å²) in [5.74, 6) is 2.39. The van der Waals surface area contributed by atoms with Crippen LogP contribution in [0.25, 0.3) is 22.6 Å². The number of aromatic nitrogens is 4. The van der Waals surface area contributed by atoms with Gasteiger partial charge in [-0.3, -0.25) is 4.57 Å². The number of rotatable bonds is 6. The number of nitrogens with one attached hydrogen (secondary N) is 1. The van der Waals surface area contributed by atoms with Crippen LogP contribution in [0.15, 0.2) is 18.3 Å². The van der Waals surface area contributed by atoms with E-state index in [1.165, 1.54) is 12.8 Å². The van der Waals surface area contributed by atoms with Crippen molar-refractivity contribution in [1.29, 1.82) is 0 Å². The first-order chi connectivity index (χ1) is 12.6. The van der Waals surface area contributed by atoms with Gasteiger partial charge in [0.1, 0.15) is 0 Å². The number of methoxy groups -OCH3 is 3. The summed E-state index contributed by atoms with van der Waals surface area (Å²) in [4.78, 5) is 12.4. The molecule has 2 aromatic heterocycles. The SMILES string of the molecule is COc1cc(-c2cnc3[nH]c(=S)n(CC4CC4)c3n2)cc(OC)c1OC. The molecule has 136 valence electrons. The Balaban J connectivity index is 1.84. The van der Waals surface area contributed by atoms with Crippen molar-refractivity contribution in [2.45, 2.75) is 19.4 Å². The van der Waals surface area contributed by atoms with Crippen molar-refractivity contribution in [3.8, 4) is 28.5 Å². The van der Waals surface area contributed by atoms with E-state index in [4.69, 9.17) is 31.4 Å². The Morgan fingerprint density at radius 3 is 2.42 bits per heavy atom. The molecule has 26 heavy (non-hydrogen) atoms. The van der Waals surface area contributed by atoms with Gasteiger partial charge in [-0.2, -0.15) is 0 Å². The zero-order valence-electron chi connectivity index (χ0n) is 14.9. The molecule has 0 saturated heterocycles. The fourth-order valence-electron chi connectivity index (χ4n) is 3.02. The Hall–Kier alpha value is -2.61. The number of fused-ring (bicyclic) bond motifs is 1. The minimum Gasteiger partial charge on any atom is -0.493 e. The number of ether oxygens (including phenoxy) is 3. The third-order valence-corrected chi connectivity index (χ3v) is 4.90. The van der Waals surface area contributed by atoms with Crippen molar-refractivity contribution < 1.29 is 14.2 Å². The first-order valence-corrected chi connectivity index (χ1v) is 8.81. The molecule has 1 fully saturated rings. The van der Waals surface area contributed by atoms with Crippen LogP contribution >= 0.6 is 12.2 Å². The summed E-state index contributed by atoms with van der Waals surface area (Å²) < 4.78 is 19.0. The van der Waals surface area contributed by atoms with Crippen LogP contribution in [0.3, 0.4) is 0 Å². The quantitative estimate of drug-likeness (QED) is 0.667. The van der Waals surface area contributed by atoms with E-state index < -0.39 is 0 Å². The van der Waals surface area contributed by atoms with Crippen molar-refractivity contribution in [3.05, 3.63) is 23.1 Å². The second-order valence-corrected chi connectivity index (χ2v) is 6.71. The lowest BCUT2D eigenvalue weighted by Gasteiger charge is -2.14. The first-order valence-electron chi connectivity index (χ1n) is 8.40. The second-order valence-electron chi connectivity index (χ2n) is 6.33. The normalized spacial score (nSPS) is 13.8. The molecule has 0 amide bonds. The van der Waals surface area contributed by atoms with Gasteiger partial charge in [0, 0.05) is 12.1 Å². The fourth-order valence-corrected chi connectivity index (χ4v) is 3.27. The Morgan fingerprint density at radius 1 is 1.15 bits per heavy atom. The molecule has 0 radical (unpaired) electrons. The van der Waals surface area contributed by atoms with Crippen LogP contribution < -0.4 is 14.2 Å². The van der Waals surface area contributed by atoms with Crippen LogP contribution in [-0.2, 0) is 6.54 Å². The van der Waals surface area contributed by atoms with Crippen molar-refractivity contribution in [3.63, 3.8) is 0 Å². The second kappa shape index (κ2) is 6.60. The molecular weight excluding hydrogens is 352 g/mol. The molecule has 1 aromatic carbocycles. The van der Waals surface area contributed by atoms with E-state index in [1.54, 1.807) is 27.5 Å². The molecule has 8 heteroatoms. The maximum atomic E-state index is 5.44. The van der Waals surface area contributed by atoms with Gasteiger partial charge in [-0.05, 0) is 43.1 Å². The predicted octanol–water partition coefficient (Wildman–Crippen LogP) is 3.59. The third-order valence-electron chi connectivity index (χ3n) is 4.58. The molecule has 1 aliphatic carbocycles. The highest BCUT2D eigenvalue weighted by atomic mass is 32.1. The molecule has 7 nitrogen and oxygen atoms in total.